The van der Waals surface area contributed by atoms with Crippen LogP contribution in [0, 0.1) is 39.0 Å². The van der Waals surface area contributed by atoms with Crippen molar-refractivity contribution in [3.63, 3.8) is 0 Å². The Morgan fingerprint density at radius 2 is 0.755 bits per heavy atom. The molecule has 0 amide bonds. The van der Waals surface area contributed by atoms with E-state index in [1.165, 1.54) is 55.2 Å². The molecule has 4 heterocycles. The van der Waals surface area contributed by atoms with E-state index in [9.17, 15) is 0 Å². The van der Waals surface area contributed by atoms with Gasteiger partial charge in [0.2, 0.25) is 0 Å². The summed E-state index contributed by atoms with van der Waals surface area (Å²) in [6.45, 7) is 6.59. The first-order valence-electron chi connectivity index (χ1n) is 34.6. The maximum Gasteiger partial charge on any atom is 3.00 e. The standard InChI is InChI=1S/C97H65N4.Ir/c1-62-49-70(93-38-17-19-47-98-93)41-44-78(62)84-34-12-9-31-81(84)73-54-74(82-32-10-13-35-85(82)79-45-42-71(50-63(79)2)94-39-18-20-48-99-94)56-75(55-73)83-33-11-14-36-86(83)87-46-43-72(95-51-64(3)92(61-100-95)68-27-21-26-66(52-68)65-23-5-4-6-24-65)58-89(87)69-28-22-29-77(57-69)101-96-40-16-15-37-88(96)91-60-90-76(59-97(91)101)53-67-25-7-8-30-80(67)90;/h4-40,44-52,54-61H,53H2,1-3H3;/q-3;+3. The van der Waals surface area contributed by atoms with Crippen LogP contribution in [-0.2, 0) is 26.5 Å². The molecule has 4 nitrogen and oxygen atoms in total. The van der Waals surface area contributed by atoms with E-state index >= 15 is 0 Å². The minimum atomic E-state index is 0. The van der Waals surface area contributed by atoms with Crippen molar-refractivity contribution < 1.29 is 20.1 Å². The Morgan fingerprint density at radius 1 is 0.275 bits per heavy atom. The third-order valence-electron chi connectivity index (χ3n) is 20.3. The van der Waals surface area contributed by atoms with Gasteiger partial charge in [0.05, 0.1) is 11.0 Å². The zero-order chi connectivity index (χ0) is 67.5. The van der Waals surface area contributed by atoms with E-state index in [4.69, 9.17) is 4.98 Å². The van der Waals surface area contributed by atoms with Crippen molar-refractivity contribution in [3.8, 4) is 151 Å². The Labute approximate surface area is 609 Å². The summed E-state index contributed by atoms with van der Waals surface area (Å²) >= 11 is 0. The molecule has 0 bridgehead atoms. The normalized spacial score (nSPS) is 11.6. The molecule has 0 saturated heterocycles. The van der Waals surface area contributed by atoms with Crippen molar-refractivity contribution in [1.82, 2.24) is 19.5 Å². The van der Waals surface area contributed by atoms with E-state index in [1.807, 2.05) is 55.0 Å². The third-order valence-corrected chi connectivity index (χ3v) is 20.3. The van der Waals surface area contributed by atoms with Crippen LogP contribution in [0.25, 0.3) is 173 Å². The zero-order valence-electron chi connectivity index (χ0n) is 56.5. The van der Waals surface area contributed by atoms with Gasteiger partial charge in [-0.05, 0) is 181 Å². The number of hydrogen-bond donors (Lipinski definition) is 0. The fourth-order valence-corrected chi connectivity index (χ4v) is 15.4. The summed E-state index contributed by atoms with van der Waals surface area (Å²) in [6.07, 6.45) is 6.63. The minimum absolute atomic E-state index is 0. The summed E-state index contributed by atoms with van der Waals surface area (Å²) in [5.41, 5.74) is 37.6. The zero-order valence-corrected chi connectivity index (χ0v) is 58.9. The first kappa shape index (κ1) is 63.2. The van der Waals surface area contributed by atoms with Gasteiger partial charge in [0.25, 0.3) is 0 Å². The Kier molecular flexibility index (Phi) is 16.6. The van der Waals surface area contributed by atoms with Gasteiger partial charge in [-0.25, -0.2) is 0 Å². The molecule has 1 aliphatic rings. The van der Waals surface area contributed by atoms with Gasteiger partial charge < -0.3 is 19.5 Å². The number of rotatable bonds is 13. The topological polar surface area (TPSA) is 43.6 Å². The van der Waals surface area contributed by atoms with Crippen molar-refractivity contribution in [2.45, 2.75) is 27.2 Å². The van der Waals surface area contributed by atoms with E-state index in [1.54, 1.807) is 0 Å². The summed E-state index contributed by atoms with van der Waals surface area (Å²) in [5.74, 6) is 0. The molecule has 0 radical (unpaired) electrons. The molecule has 0 fully saturated rings. The molecule has 0 saturated carbocycles. The van der Waals surface area contributed by atoms with Gasteiger partial charge >= 0.3 is 20.1 Å². The molecule has 4 aromatic heterocycles. The second-order valence-electron chi connectivity index (χ2n) is 26.5. The number of fused-ring (bicyclic) bond motifs is 6. The van der Waals surface area contributed by atoms with Crippen LogP contribution in [-0.4, -0.2) is 19.5 Å². The predicted molar refractivity (Wildman–Crippen MR) is 418 cm³/mol. The number of nitrogens with zero attached hydrogens (tertiary/aromatic N) is 4. The average Bonchev–Trinajstić information content (AvgIpc) is 1.55. The van der Waals surface area contributed by atoms with Crippen LogP contribution in [0.5, 0.6) is 0 Å². The Balaban J connectivity index is 0.00000774. The van der Waals surface area contributed by atoms with Crippen molar-refractivity contribution in [2.75, 3.05) is 0 Å². The van der Waals surface area contributed by atoms with Crippen molar-refractivity contribution >= 4 is 21.8 Å². The molecule has 5 heteroatoms. The van der Waals surface area contributed by atoms with Crippen molar-refractivity contribution in [2.24, 2.45) is 0 Å². The van der Waals surface area contributed by atoms with E-state index in [0.717, 1.165) is 152 Å². The van der Waals surface area contributed by atoms with Gasteiger partial charge in [0.1, 0.15) is 0 Å². The van der Waals surface area contributed by atoms with Crippen molar-refractivity contribution in [3.05, 3.63) is 374 Å². The summed E-state index contributed by atoms with van der Waals surface area (Å²) in [5, 5.41) is 2.48. The van der Waals surface area contributed by atoms with E-state index < -0.39 is 0 Å². The van der Waals surface area contributed by atoms with Gasteiger partial charge in [-0.3, -0.25) is 0 Å². The molecule has 1 aliphatic carbocycles. The smallest absolute Gasteiger partial charge is 0.309 e. The van der Waals surface area contributed by atoms with E-state index in [2.05, 4.69) is 326 Å². The van der Waals surface area contributed by atoms with Crippen LogP contribution in [0.1, 0.15) is 27.8 Å². The quantitative estimate of drug-likeness (QED) is 0.108. The Morgan fingerprint density at radius 3 is 1.35 bits per heavy atom. The monoisotopic (exact) mass is 1480 g/mol. The van der Waals surface area contributed by atoms with Crippen LogP contribution in [0.15, 0.2) is 328 Å². The third kappa shape index (κ3) is 11.6. The first-order valence-corrected chi connectivity index (χ1v) is 34.6. The van der Waals surface area contributed by atoms with Crippen molar-refractivity contribution in [1.29, 1.82) is 0 Å². The maximum atomic E-state index is 5.30. The molecule has 0 unspecified atom stereocenters. The molecular formula is C97H65IrN4. The Bertz CT molecular complexity index is 5940. The van der Waals surface area contributed by atoms with Crippen LogP contribution in [0.3, 0.4) is 0 Å². The molecule has 0 atom stereocenters. The molecular weight excluding hydrogens is 1410 g/mol. The van der Waals surface area contributed by atoms with Gasteiger partial charge in [-0.15, -0.1) is 82.4 Å². The fraction of sp³-hybridized carbons (Fsp3) is 0.0412. The number of benzene rings is 13. The first-order chi connectivity index (χ1) is 49.8. The Hall–Kier alpha value is -12.2. The van der Waals surface area contributed by atoms with Gasteiger partial charge in [0, 0.05) is 40.6 Å². The molecule has 0 N–H and O–H groups in total. The summed E-state index contributed by atoms with van der Waals surface area (Å²) in [6, 6.07) is 124. The molecule has 18 rings (SSSR count). The molecule has 0 aliphatic heterocycles. The minimum Gasteiger partial charge on any atom is -0.309 e. The van der Waals surface area contributed by atoms with E-state index in [0.29, 0.717) is 0 Å². The van der Waals surface area contributed by atoms with Crippen LogP contribution < -0.4 is 0 Å². The molecule has 13 aromatic carbocycles. The van der Waals surface area contributed by atoms with Gasteiger partial charge in [0.15, 0.2) is 0 Å². The second kappa shape index (κ2) is 26.8. The predicted octanol–water partition coefficient (Wildman–Crippen LogP) is 24.9. The summed E-state index contributed by atoms with van der Waals surface area (Å²) < 4.78 is 2.48. The molecule has 102 heavy (non-hydrogen) atoms. The summed E-state index contributed by atoms with van der Waals surface area (Å²) in [4.78, 5) is 14.7. The van der Waals surface area contributed by atoms with Crippen LogP contribution in [0.2, 0.25) is 0 Å². The van der Waals surface area contributed by atoms with Gasteiger partial charge in [-0.2, -0.15) is 0 Å². The number of hydrogen-bond acceptors (Lipinski definition) is 3. The number of pyridine rings is 3. The molecule has 482 valence electrons. The number of aromatic nitrogens is 4. The maximum absolute atomic E-state index is 5.30. The van der Waals surface area contributed by atoms with Crippen LogP contribution in [0.4, 0.5) is 0 Å². The number of para-hydroxylation sites is 1. The largest absolute Gasteiger partial charge is 3.00 e. The van der Waals surface area contributed by atoms with Crippen LogP contribution >= 0.6 is 0 Å². The van der Waals surface area contributed by atoms with E-state index in [-0.39, 0.29) is 20.1 Å². The average molecular weight is 1480 g/mol. The molecule has 0 spiro atoms. The SMILES string of the molecule is Cc1cc(-c2[c-]cc(-c3ccccc3-c3cc(-c4ccccc4-c4c[c-]c(-c5ccccn5)cc4C)cc(-c4ccccc4-c4c[c-]c(-c5ccccn5)cc4C)c3)c(-c3cccc(-n4c5ccccc5c5cc6c(cc54)Cc4ccccc4-6)c3)c2)ncc1-c1cccc(-c2ccccc2)c1.[Ir+3]. The second-order valence-corrected chi connectivity index (χ2v) is 26.5. The number of aryl methyl sites for hydroxylation is 3. The van der Waals surface area contributed by atoms with Gasteiger partial charge in [-0.1, -0.05) is 259 Å². The molecule has 17 aromatic rings. The fourth-order valence-electron chi connectivity index (χ4n) is 15.4. The summed E-state index contributed by atoms with van der Waals surface area (Å²) in [7, 11) is 0.